The number of halogens is 2. The van der Waals surface area contributed by atoms with E-state index in [4.69, 9.17) is 23.2 Å². The van der Waals surface area contributed by atoms with Gasteiger partial charge in [-0.1, -0.05) is 41.0 Å². The summed E-state index contributed by atoms with van der Waals surface area (Å²) in [5, 5.41) is 12.7. The molecular formula is C8H7Cl2N5S. The van der Waals surface area contributed by atoms with E-state index in [9.17, 15) is 0 Å². The first kappa shape index (κ1) is 11.6. The van der Waals surface area contributed by atoms with Crippen molar-refractivity contribution in [2.45, 2.75) is 10.9 Å². The molecule has 2 aromatic heterocycles. The SMILES string of the molecule is Cn1nnnc1SCc1ccc(Cl)nc1Cl. The van der Waals surface area contributed by atoms with Crippen molar-refractivity contribution in [3.05, 3.63) is 28.0 Å². The summed E-state index contributed by atoms with van der Waals surface area (Å²) in [4.78, 5) is 3.95. The second-order valence-corrected chi connectivity index (χ2v) is 4.65. The maximum absolute atomic E-state index is 5.94. The van der Waals surface area contributed by atoms with Crippen LogP contribution < -0.4 is 0 Å². The molecule has 0 atom stereocenters. The fourth-order valence-corrected chi connectivity index (χ4v) is 2.36. The third-order valence-electron chi connectivity index (χ3n) is 1.83. The van der Waals surface area contributed by atoms with Gasteiger partial charge < -0.3 is 0 Å². The Morgan fingerprint density at radius 1 is 1.38 bits per heavy atom. The van der Waals surface area contributed by atoms with Crippen LogP contribution in [-0.4, -0.2) is 25.2 Å². The van der Waals surface area contributed by atoms with Gasteiger partial charge in [-0.3, -0.25) is 0 Å². The topological polar surface area (TPSA) is 56.5 Å². The van der Waals surface area contributed by atoms with Gasteiger partial charge in [-0.05, 0) is 22.1 Å². The second kappa shape index (κ2) is 4.99. The fraction of sp³-hybridized carbons (Fsp3) is 0.250. The average molecular weight is 276 g/mol. The van der Waals surface area contributed by atoms with Gasteiger partial charge >= 0.3 is 0 Å². The predicted molar refractivity (Wildman–Crippen MR) is 62.6 cm³/mol. The van der Waals surface area contributed by atoms with Crippen molar-refractivity contribution < 1.29 is 0 Å². The number of aromatic nitrogens is 5. The minimum Gasteiger partial charge on any atom is -0.224 e. The van der Waals surface area contributed by atoms with E-state index in [2.05, 4.69) is 20.5 Å². The minimum atomic E-state index is 0.388. The van der Waals surface area contributed by atoms with E-state index in [1.54, 1.807) is 17.8 Å². The lowest BCUT2D eigenvalue weighted by Gasteiger charge is -2.02. The zero-order chi connectivity index (χ0) is 11.5. The summed E-state index contributed by atoms with van der Waals surface area (Å²) in [6.45, 7) is 0. The van der Waals surface area contributed by atoms with Crippen LogP contribution >= 0.6 is 35.0 Å². The highest BCUT2D eigenvalue weighted by Gasteiger charge is 2.07. The molecule has 5 nitrogen and oxygen atoms in total. The molecule has 84 valence electrons. The molecule has 0 spiro atoms. The number of pyridine rings is 1. The third kappa shape index (κ3) is 2.63. The van der Waals surface area contributed by atoms with Crippen molar-refractivity contribution in [1.82, 2.24) is 25.2 Å². The van der Waals surface area contributed by atoms with Crippen LogP contribution in [0.15, 0.2) is 17.3 Å². The number of aryl methyl sites for hydroxylation is 1. The van der Waals surface area contributed by atoms with Gasteiger partial charge in [-0.2, -0.15) is 0 Å². The summed E-state index contributed by atoms with van der Waals surface area (Å²) < 4.78 is 1.60. The summed E-state index contributed by atoms with van der Waals surface area (Å²) in [6.07, 6.45) is 0. The van der Waals surface area contributed by atoms with Gasteiger partial charge in [-0.15, -0.1) is 5.10 Å². The lowest BCUT2D eigenvalue weighted by Crippen LogP contribution is -1.94. The molecule has 0 unspecified atom stereocenters. The summed E-state index contributed by atoms with van der Waals surface area (Å²) in [5.41, 5.74) is 0.902. The molecule has 0 saturated heterocycles. The Morgan fingerprint density at radius 3 is 2.81 bits per heavy atom. The molecule has 0 amide bonds. The lowest BCUT2D eigenvalue weighted by atomic mass is 10.3. The Balaban J connectivity index is 2.08. The van der Waals surface area contributed by atoms with E-state index in [1.165, 1.54) is 11.8 Å². The zero-order valence-electron chi connectivity index (χ0n) is 8.26. The van der Waals surface area contributed by atoms with Crippen molar-refractivity contribution >= 4 is 35.0 Å². The normalized spacial score (nSPS) is 10.7. The summed E-state index contributed by atoms with van der Waals surface area (Å²) in [5.74, 6) is 0.650. The first-order valence-electron chi connectivity index (χ1n) is 4.33. The van der Waals surface area contributed by atoms with Crippen LogP contribution in [-0.2, 0) is 12.8 Å². The van der Waals surface area contributed by atoms with Crippen molar-refractivity contribution in [3.8, 4) is 0 Å². The molecule has 16 heavy (non-hydrogen) atoms. The Bertz CT molecular complexity index is 501. The van der Waals surface area contributed by atoms with Crippen molar-refractivity contribution in [3.63, 3.8) is 0 Å². The van der Waals surface area contributed by atoms with Crippen LogP contribution in [0.3, 0.4) is 0 Å². The van der Waals surface area contributed by atoms with Crippen LogP contribution in [0, 0.1) is 0 Å². The maximum Gasteiger partial charge on any atom is 0.209 e. The Labute approximate surface area is 106 Å². The minimum absolute atomic E-state index is 0.388. The quantitative estimate of drug-likeness (QED) is 0.635. The highest BCUT2D eigenvalue weighted by Crippen LogP contribution is 2.24. The lowest BCUT2D eigenvalue weighted by molar-refractivity contribution is 0.664. The largest absolute Gasteiger partial charge is 0.224 e. The first-order chi connectivity index (χ1) is 7.66. The highest BCUT2D eigenvalue weighted by atomic mass is 35.5. The summed E-state index contributed by atoms with van der Waals surface area (Å²) in [6, 6.07) is 3.55. The summed E-state index contributed by atoms with van der Waals surface area (Å²) in [7, 11) is 1.78. The Kier molecular flexibility index (Phi) is 3.63. The Hall–Kier alpha value is -0.850. The number of tetrazole rings is 1. The zero-order valence-corrected chi connectivity index (χ0v) is 10.6. The molecule has 0 aliphatic rings. The molecule has 0 aliphatic heterocycles. The number of hydrogen-bond donors (Lipinski definition) is 0. The maximum atomic E-state index is 5.94. The van der Waals surface area contributed by atoms with Gasteiger partial charge in [0.15, 0.2) is 0 Å². The van der Waals surface area contributed by atoms with Gasteiger partial charge in [0.2, 0.25) is 5.16 Å². The molecule has 0 N–H and O–H groups in total. The average Bonchev–Trinajstić information content (AvgIpc) is 2.63. The van der Waals surface area contributed by atoms with Crippen LogP contribution in [0.4, 0.5) is 0 Å². The first-order valence-corrected chi connectivity index (χ1v) is 6.07. The highest BCUT2D eigenvalue weighted by molar-refractivity contribution is 7.98. The van der Waals surface area contributed by atoms with Crippen LogP contribution in [0.2, 0.25) is 10.3 Å². The third-order valence-corrected chi connectivity index (χ3v) is 3.43. The van der Waals surface area contributed by atoms with E-state index >= 15 is 0 Å². The molecule has 2 aromatic rings. The monoisotopic (exact) mass is 275 g/mol. The van der Waals surface area contributed by atoms with Crippen molar-refractivity contribution in [1.29, 1.82) is 0 Å². The smallest absolute Gasteiger partial charge is 0.209 e. The van der Waals surface area contributed by atoms with Gasteiger partial charge in [0.05, 0.1) is 0 Å². The van der Waals surface area contributed by atoms with Crippen LogP contribution in [0.1, 0.15) is 5.56 Å². The summed E-state index contributed by atoms with van der Waals surface area (Å²) >= 11 is 13.1. The fourth-order valence-electron chi connectivity index (χ4n) is 1.03. The van der Waals surface area contributed by atoms with E-state index in [-0.39, 0.29) is 0 Å². The molecule has 0 saturated carbocycles. The molecule has 8 heteroatoms. The molecule has 2 heterocycles. The molecular weight excluding hydrogens is 269 g/mol. The van der Waals surface area contributed by atoms with Crippen molar-refractivity contribution in [2.75, 3.05) is 0 Å². The number of nitrogens with zero attached hydrogens (tertiary/aromatic N) is 5. The number of rotatable bonds is 3. The van der Waals surface area contributed by atoms with Gasteiger partial charge in [-0.25, -0.2) is 9.67 Å². The standard InChI is InChI=1S/C8H7Cl2N5S/c1-15-8(12-13-14-15)16-4-5-2-3-6(9)11-7(5)10/h2-3H,4H2,1H3. The molecule has 0 fully saturated rings. The van der Waals surface area contributed by atoms with E-state index < -0.39 is 0 Å². The number of hydrogen-bond acceptors (Lipinski definition) is 5. The van der Waals surface area contributed by atoms with Crippen LogP contribution in [0.25, 0.3) is 0 Å². The van der Waals surface area contributed by atoms with Gasteiger partial charge in [0.25, 0.3) is 0 Å². The predicted octanol–water partition coefficient (Wildman–Crippen LogP) is 2.20. The molecule has 0 aromatic carbocycles. The van der Waals surface area contributed by atoms with Gasteiger partial charge in [0, 0.05) is 12.8 Å². The van der Waals surface area contributed by atoms with E-state index in [0.29, 0.717) is 16.1 Å². The van der Waals surface area contributed by atoms with Crippen LogP contribution in [0.5, 0.6) is 0 Å². The van der Waals surface area contributed by atoms with E-state index in [1.807, 2.05) is 6.07 Å². The van der Waals surface area contributed by atoms with Crippen molar-refractivity contribution in [2.24, 2.45) is 7.05 Å². The molecule has 0 radical (unpaired) electrons. The van der Waals surface area contributed by atoms with Gasteiger partial charge in [0.1, 0.15) is 10.3 Å². The molecule has 2 rings (SSSR count). The molecule has 0 bridgehead atoms. The second-order valence-electron chi connectivity index (χ2n) is 2.96. The Morgan fingerprint density at radius 2 is 2.19 bits per heavy atom. The molecule has 0 aliphatic carbocycles. The van der Waals surface area contributed by atoms with E-state index in [0.717, 1.165) is 10.7 Å². The number of thioether (sulfide) groups is 1.